The zero-order valence-electron chi connectivity index (χ0n) is 11.2. The fraction of sp³-hybridized carbons (Fsp3) is 0.538. The van der Waals surface area contributed by atoms with E-state index in [0.717, 1.165) is 17.1 Å². The lowest BCUT2D eigenvalue weighted by atomic mass is 10.2. The van der Waals surface area contributed by atoms with Gasteiger partial charge in [0.05, 0.1) is 5.56 Å². The molecule has 0 N–H and O–H groups in total. The summed E-state index contributed by atoms with van der Waals surface area (Å²) in [5.74, 6) is -1.16. The Morgan fingerprint density at radius 1 is 1.00 bits per heavy atom. The van der Waals surface area contributed by atoms with Crippen LogP contribution in [0.2, 0.25) is 0 Å². The van der Waals surface area contributed by atoms with Gasteiger partial charge in [0.1, 0.15) is 10.7 Å². The summed E-state index contributed by atoms with van der Waals surface area (Å²) in [4.78, 5) is -0.903. The van der Waals surface area contributed by atoms with Crippen molar-refractivity contribution in [2.45, 2.75) is 36.8 Å². The van der Waals surface area contributed by atoms with E-state index in [-0.39, 0.29) is 13.1 Å². The van der Waals surface area contributed by atoms with E-state index in [1.54, 1.807) is 0 Å². The Hall–Kier alpha value is -1.15. The second kappa shape index (κ2) is 5.92. The highest BCUT2D eigenvalue weighted by molar-refractivity contribution is 7.89. The van der Waals surface area contributed by atoms with Gasteiger partial charge in [0.25, 0.3) is 0 Å². The summed E-state index contributed by atoms with van der Waals surface area (Å²) in [5.41, 5.74) is -1.17. The van der Waals surface area contributed by atoms with Crippen LogP contribution >= 0.6 is 0 Å². The summed E-state index contributed by atoms with van der Waals surface area (Å²) in [6, 6.07) is 1.46. The van der Waals surface area contributed by atoms with Crippen molar-refractivity contribution in [3.8, 4) is 0 Å². The number of sulfonamides is 1. The monoisotopic (exact) mass is 325 g/mol. The smallest absolute Gasteiger partial charge is 0.207 e. The molecule has 1 aliphatic heterocycles. The molecule has 0 radical (unpaired) electrons. The van der Waals surface area contributed by atoms with Crippen molar-refractivity contribution in [3.05, 3.63) is 29.6 Å². The van der Waals surface area contributed by atoms with Crippen LogP contribution in [0.15, 0.2) is 23.1 Å². The van der Waals surface area contributed by atoms with Crippen LogP contribution in [0.1, 0.15) is 31.2 Å². The van der Waals surface area contributed by atoms with Gasteiger partial charge in [-0.25, -0.2) is 12.8 Å². The highest BCUT2D eigenvalue weighted by atomic mass is 32.2. The van der Waals surface area contributed by atoms with Gasteiger partial charge < -0.3 is 0 Å². The van der Waals surface area contributed by atoms with E-state index < -0.39 is 32.5 Å². The third-order valence-electron chi connectivity index (χ3n) is 3.44. The van der Waals surface area contributed by atoms with Crippen LogP contribution in [0.25, 0.3) is 0 Å². The average Bonchev–Trinajstić information content (AvgIpc) is 2.66. The van der Waals surface area contributed by atoms with Gasteiger partial charge in [-0.05, 0) is 31.0 Å². The van der Waals surface area contributed by atoms with Crippen LogP contribution in [0.5, 0.6) is 0 Å². The van der Waals surface area contributed by atoms with Crippen molar-refractivity contribution in [1.29, 1.82) is 0 Å². The van der Waals surface area contributed by atoms with Crippen LogP contribution in [0, 0.1) is 5.82 Å². The molecule has 1 aliphatic rings. The summed E-state index contributed by atoms with van der Waals surface area (Å²) in [6.07, 6.45) is -1.75. The Labute approximate surface area is 120 Å². The predicted molar refractivity (Wildman–Crippen MR) is 68.6 cm³/mol. The molecule has 0 amide bonds. The quantitative estimate of drug-likeness (QED) is 0.782. The molecule has 118 valence electrons. The van der Waals surface area contributed by atoms with Crippen molar-refractivity contribution in [3.63, 3.8) is 0 Å². The maximum atomic E-state index is 13.7. The van der Waals surface area contributed by atoms with E-state index in [1.165, 1.54) is 0 Å². The molecule has 0 bridgehead atoms. The molecular weight excluding hydrogens is 310 g/mol. The van der Waals surface area contributed by atoms with Gasteiger partial charge in [0, 0.05) is 13.1 Å². The van der Waals surface area contributed by atoms with Gasteiger partial charge in [-0.1, -0.05) is 12.8 Å². The molecule has 0 unspecified atom stereocenters. The molecule has 0 saturated carbocycles. The minimum Gasteiger partial charge on any atom is -0.207 e. The van der Waals surface area contributed by atoms with Crippen molar-refractivity contribution in [1.82, 2.24) is 4.31 Å². The number of hydrogen-bond donors (Lipinski definition) is 0. The normalized spacial score (nSPS) is 18.5. The van der Waals surface area contributed by atoms with Crippen LogP contribution in [0.3, 0.4) is 0 Å². The fourth-order valence-corrected chi connectivity index (χ4v) is 3.91. The van der Waals surface area contributed by atoms with Crippen LogP contribution in [-0.4, -0.2) is 25.8 Å². The Morgan fingerprint density at radius 2 is 1.57 bits per heavy atom. The van der Waals surface area contributed by atoms with Gasteiger partial charge in [0.15, 0.2) is 0 Å². The Morgan fingerprint density at radius 3 is 2.10 bits per heavy atom. The lowest BCUT2D eigenvalue weighted by Crippen LogP contribution is -2.32. The maximum Gasteiger partial charge on any atom is 0.416 e. The lowest BCUT2D eigenvalue weighted by Gasteiger charge is -2.20. The number of nitrogens with zero attached hydrogens (tertiary/aromatic N) is 1. The van der Waals surface area contributed by atoms with E-state index in [2.05, 4.69) is 0 Å². The van der Waals surface area contributed by atoms with Crippen molar-refractivity contribution in [2.75, 3.05) is 13.1 Å². The first-order chi connectivity index (χ1) is 9.73. The molecule has 2 rings (SSSR count). The van der Waals surface area contributed by atoms with Crippen LogP contribution < -0.4 is 0 Å². The van der Waals surface area contributed by atoms with Crippen molar-refractivity contribution < 1.29 is 26.0 Å². The first-order valence-corrected chi connectivity index (χ1v) is 8.04. The van der Waals surface area contributed by atoms with Gasteiger partial charge in [0.2, 0.25) is 10.0 Å². The highest BCUT2D eigenvalue weighted by Crippen LogP contribution is 2.32. The molecule has 0 spiro atoms. The number of benzene rings is 1. The summed E-state index contributed by atoms with van der Waals surface area (Å²) < 4.78 is 77.5. The molecule has 21 heavy (non-hydrogen) atoms. The molecule has 8 heteroatoms. The van der Waals surface area contributed by atoms with Crippen molar-refractivity contribution in [2.24, 2.45) is 0 Å². The van der Waals surface area contributed by atoms with Crippen LogP contribution in [-0.2, 0) is 16.2 Å². The third-order valence-corrected chi connectivity index (χ3v) is 5.36. The fourth-order valence-electron chi connectivity index (χ4n) is 2.30. The standard InChI is InChI=1S/C13H15F4NO2S/c14-11-6-5-10(13(15,16)17)9-12(11)21(19,20)18-7-3-1-2-4-8-18/h5-6,9H,1-4,7-8H2. The van der Waals surface area contributed by atoms with Gasteiger partial charge in [-0.15, -0.1) is 0 Å². The minimum atomic E-state index is -4.71. The number of hydrogen-bond acceptors (Lipinski definition) is 2. The number of rotatable bonds is 2. The number of halogens is 4. The second-order valence-electron chi connectivity index (χ2n) is 4.96. The predicted octanol–water partition coefficient (Wildman–Crippen LogP) is 3.41. The summed E-state index contributed by atoms with van der Waals surface area (Å²) >= 11 is 0. The summed E-state index contributed by atoms with van der Waals surface area (Å²) in [7, 11) is -4.24. The maximum absolute atomic E-state index is 13.7. The van der Waals surface area contributed by atoms with Gasteiger partial charge >= 0.3 is 6.18 Å². The zero-order valence-corrected chi connectivity index (χ0v) is 12.0. The topological polar surface area (TPSA) is 37.4 Å². The molecule has 3 nitrogen and oxygen atoms in total. The van der Waals surface area contributed by atoms with Crippen molar-refractivity contribution >= 4 is 10.0 Å². The lowest BCUT2D eigenvalue weighted by molar-refractivity contribution is -0.137. The molecule has 1 fully saturated rings. The Bertz CT molecular complexity index is 605. The first kappa shape index (κ1) is 16.2. The SMILES string of the molecule is O=S(=O)(c1cc(C(F)(F)F)ccc1F)N1CCCCCC1. The average molecular weight is 325 g/mol. The van der Waals surface area contributed by atoms with Crippen LogP contribution in [0.4, 0.5) is 17.6 Å². The van der Waals surface area contributed by atoms with E-state index >= 15 is 0 Å². The first-order valence-electron chi connectivity index (χ1n) is 6.60. The largest absolute Gasteiger partial charge is 0.416 e. The number of alkyl halides is 3. The Balaban J connectivity index is 2.43. The van der Waals surface area contributed by atoms with E-state index in [1.807, 2.05) is 0 Å². The molecule has 1 aromatic rings. The zero-order chi connectivity index (χ0) is 15.7. The van der Waals surface area contributed by atoms with E-state index in [4.69, 9.17) is 0 Å². The van der Waals surface area contributed by atoms with Gasteiger partial charge in [-0.2, -0.15) is 17.5 Å². The third kappa shape index (κ3) is 3.55. The molecule has 1 saturated heterocycles. The molecule has 0 aliphatic carbocycles. The second-order valence-corrected chi connectivity index (χ2v) is 6.87. The van der Waals surface area contributed by atoms with E-state index in [0.29, 0.717) is 31.0 Å². The minimum absolute atomic E-state index is 0.206. The highest BCUT2D eigenvalue weighted by Gasteiger charge is 2.34. The summed E-state index contributed by atoms with van der Waals surface area (Å²) in [5, 5.41) is 0. The molecule has 1 aromatic carbocycles. The van der Waals surface area contributed by atoms with E-state index in [9.17, 15) is 26.0 Å². The molecule has 0 aromatic heterocycles. The van der Waals surface area contributed by atoms with Gasteiger partial charge in [-0.3, -0.25) is 0 Å². The molecule has 0 atom stereocenters. The summed E-state index contributed by atoms with van der Waals surface area (Å²) in [6.45, 7) is 0.413. The molecule has 1 heterocycles. The molecular formula is C13H15F4NO2S. The Kier molecular flexibility index (Phi) is 4.57.